The quantitative estimate of drug-likeness (QED) is 0.735. The van der Waals surface area contributed by atoms with E-state index in [0.29, 0.717) is 11.3 Å². The number of halogens is 1. The number of anilines is 1. The highest BCUT2D eigenvalue weighted by molar-refractivity contribution is 6.28. The van der Waals surface area contributed by atoms with E-state index in [1.807, 2.05) is 18.2 Å². The second-order valence-corrected chi connectivity index (χ2v) is 4.44. The molecule has 0 aliphatic carbocycles. The number of amides is 1. The molecule has 20 heavy (non-hydrogen) atoms. The van der Waals surface area contributed by atoms with Gasteiger partial charge in [-0.05, 0) is 29.8 Å². The van der Waals surface area contributed by atoms with E-state index >= 15 is 0 Å². The maximum Gasteiger partial charge on any atom is 0.255 e. The number of pyridine rings is 1. The Hall–Kier alpha value is -2.53. The number of hydrogen-bond donors (Lipinski definition) is 1. The van der Waals surface area contributed by atoms with E-state index in [1.54, 1.807) is 18.3 Å². The zero-order valence-electron chi connectivity index (χ0n) is 10.2. The highest BCUT2D eigenvalue weighted by Gasteiger charge is 2.07. The minimum absolute atomic E-state index is 0.137. The van der Waals surface area contributed by atoms with Gasteiger partial charge in [-0.2, -0.15) is 0 Å². The van der Waals surface area contributed by atoms with Gasteiger partial charge >= 0.3 is 0 Å². The first-order valence-electron chi connectivity index (χ1n) is 5.86. The molecule has 2 aromatic heterocycles. The van der Waals surface area contributed by atoms with Crippen molar-refractivity contribution in [1.82, 2.24) is 15.0 Å². The predicted molar refractivity (Wildman–Crippen MR) is 76.7 cm³/mol. The molecule has 0 aliphatic rings. The van der Waals surface area contributed by atoms with Crippen LogP contribution in [0.2, 0.25) is 5.28 Å². The van der Waals surface area contributed by atoms with Crippen molar-refractivity contribution >= 4 is 34.1 Å². The minimum Gasteiger partial charge on any atom is -0.319 e. The van der Waals surface area contributed by atoms with Gasteiger partial charge in [0, 0.05) is 17.1 Å². The second-order valence-electron chi connectivity index (χ2n) is 4.11. The lowest BCUT2D eigenvalue weighted by molar-refractivity contribution is 0.102. The number of fused-ring (bicyclic) bond motifs is 1. The van der Waals surface area contributed by atoms with E-state index < -0.39 is 0 Å². The minimum atomic E-state index is -0.247. The zero-order chi connectivity index (χ0) is 13.9. The highest BCUT2D eigenvalue weighted by atomic mass is 35.5. The summed E-state index contributed by atoms with van der Waals surface area (Å²) in [6, 6.07) is 9.14. The van der Waals surface area contributed by atoms with Crippen LogP contribution in [-0.4, -0.2) is 20.9 Å². The van der Waals surface area contributed by atoms with Crippen LogP contribution in [0.25, 0.3) is 10.9 Å². The Kier molecular flexibility index (Phi) is 3.26. The first kappa shape index (κ1) is 12.5. The van der Waals surface area contributed by atoms with E-state index in [2.05, 4.69) is 20.3 Å². The standard InChI is InChI=1S/C14H9ClN4O/c15-14-17-7-11(8-18-14)19-13(20)10-4-3-9-2-1-5-16-12(9)6-10/h1-8H,(H,19,20). The summed E-state index contributed by atoms with van der Waals surface area (Å²) in [7, 11) is 0. The molecular weight excluding hydrogens is 276 g/mol. The van der Waals surface area contributed by atoms with Crippen LogP contribution in [0, 0.1) is 0 Å². The average molecular weight is 285 g/mol. The summed E-state index contributed by atoms with van der Waals surface area (Å²) in [5.74, 6) is -0.247. The Balaban J connectivity index is 1.86. The molecule has 0 fully saturated rings. The molecule has 2 heterocycles. The molecule has 1 aromatic carbocycles. The molecule has 3 rings (SSSR count). The second kappa shape index (κ2) is 5.22. The monoisotopic (exact) mass is 284 g/mol. The van der Waals surface area contributed by atoms with Crippen molar-refractivity contribution < 1.29 is 4.79 Å². The smallest absolute Gasteiger partial charge is 0.255 e. The molecule has 6 heteroatoms. The van der Waals surface area contributed by atoms with Crippen LogP contribution < -0.4 is 5.32 Å². The molecule has 0 atom stereocenters. The Morgan fingerprint density at radius 2 is 1.90 bits per heavy atom. The molecule has 0 radical (unpaired) electrons. The van der Waals surface area contributed by atoms with Crippen LogP contribution >= 0.6 is 11.6 Å². The van der Waals surface area contributed by atoms with Crippen LogP contribution in [0.15, 0.2) is 48.9 Å². The number of benzene rings is 1. The maximum absolute atomic E-state index is 12.1. The van der Waals surface area contributed by atoms with Gasteiger partial charge in [0.05, 0.1) is 23.6 Å². The molecule has 0 saturated heterocycles. The average Bonchev–Trinajstić information content (AvgIpc) is 2.49. The zero-order valence-corrected chi connectivity index (χ0v) is 11.0. The van der Waals surface area contributed by atoms with Crippen molar-refractivity contribution in [3.05, 3.63) is 59.8 Å². The lowest BCUT2D eigenvalue weighted by Crippen LogP contribution is -2.12. The third kappa shape index (κ3) is 2.57. The number of carbonyl (C=O) groups excluding carboxylic acids is 1. The van der Waals surface area contributed by atoms with Crippen molar-refractivity contribution in [3.8, 4) is 0 Å². The van der Waals surface area contributed by atoms with Crippen molar-refractivity contribution in [1.29, 1.82) is 0 Å². The molecule has 0 saturated carbocycles. The van der Waals surface area contributed by atoms with E-state index in [4.69, 9.17) is 11.6 Å². The van der Waals surface area contributed by atoms with Crippen LogP contribution in [0.1, 0.15) is 10.4 Å². The Morgan fingerprint density at radius 3 is 2.70 bits per heavy atom. The number of rotatable bonds is 2. The summed E-state index contributed by atoms with van der Waals surface area (Å²) in [5.41, 5.74) is 1.78. The van der Waals surface area contributed by atoms with Gasteiger partial charge in [0.15, 0.2) is 0 Å². The van der Waals surface area contributed by atoms with Gasteiger partial charge in [0.2, 0.25) is 5.28 Å². The van der Waals surface area contributed by atoms with Gasteiger partial charge in [-0.1, -0.05) is 12.1 Å². The largest absolute Gasteiger partial charge is 0.319 e. The number of hydrogen-bond acceptors (Lipinski definition) is 4. The first-order chi connectivity index (χ1) is 9.72. The molecule has 0 bridgehead atoms. The van der Waals surface area contributed by atoms with Gasteiger partial charge < -0.3 is 5.32 Å². The third-order valence-electron chi connectivity index (χ3n) is 2.75. The SMILES string of the molecule is O=C(Nc1cnc(Cl)nc1)c1ccc2cccnc2c1. The van der Waals surface area contributed by atoms with Crippen molar-refractivity contribution in [2.75, 3.05) is 5.32 Å². The van der Waals surface area contributed by atoms with Crippen LogP contribution in [-0.2, 0) is 0 Å². The maximum atomic E-state index is 12.1. The van der Waals surface area contributed by atoms with Crippen LogP contribution in [0.4, 0.5) is 5.69 Å². The molecule has 0 aliphatic heterocycles. The normalized spacial score (nSPS) is 10.4. The Bertz CT molecular complexity index is 773. The fourth-order valence-corrected chi connectivity index (χ4v) is 1.89. The predicted octanol–water partition coefficient (Wildman–Crippen LogP) is 2.93. The summed E-state index contributed by atoms with van der Waals surface area (Å²) in [4.78, 5) is 23.9. The third-order valence-corrected chi connectivity index (χ3v) is 2.94. The van der Waals surface area contributed by atoms with Crippen molar-refractivity contribution in [2.45, 2.75) is 0 Å². The van der Waals surface area contributed by atoms with Gasteiger partial charge in [-0.3, -0.25) is 9.78 Å². The summed E-state index contributed by atoms with van der Waals surface area (Å²) in [5, 5.41) is 3.82. The highest BCUT2D eigenvalue weighted by Crippen LogP contribution is 2.15. The number of nitrogens with zero attached hydrogens (tertiary/aromatic N) is 3. The van der Waals surface area contributed by atoms with E-state index in [0.717, 1.165) is 10.9 Å². The lowest BCUT2D eigenvalue weighted by atomic mass is 10.1. The topological polar surface area (TPSA) is 67.8 Å². The van der Waals surface area contributed by atoms with E-state index in [9.17, 15) is 4.79 Å². The van der Waals surface area contributed by atoms with Crippen molar-refractivity contribution in [2.24, 2.45) is 0 Å². The summed E-state index contributed by atoms with van der Waals surface area (Å²) in [6.45, 7) is 0. The number of aromatic nitrogens is 3. The number of nitrogens with one attached hydrogen (secondary N) is 1. The van der Waals surface area contributed by atoms with Crippen LogP contribution in [0.3, 0.4) is 0 Å². The van der Waals surface area contributed by atoms with Gasteiger partial charge in [-0.15, -0.1) is 0 Å². The fourth-order valence-electron chi connectivity index (χ4n) is 1.79. The van der Waals surface area contributed by atoms with Gasteiger partial charge in [0.1, 0.15) is 0 Å². The fraction of sp³-hybridized carbons (Fsp3) is 0. The number of carbonyl (C=O) groups is 1. The molecule has 1 N–H and O–H groups in total. The molecular formula is C14H9ClN4O. The molecule has 0 unspecified atom stereocenters. The Morgan fingerprint density at radius 1 is 1.10 bits per heavy atom. The lowest BCUT2D eigenvalue weighted by Gasteiger charge is -2.05. The first-order valence-corrected chi connectivity index (χ1v) is 6.24. The molecule has 3 aromatic rings. The summed E-state index contributed by atoms with van der Waals surface area (Å²) < 4.78 is 0. The van der Waals surface area contributed by atoms with E-state index in [1.165, 1.54) is 12.4 Å². The van der Waals surface area contributed by atoms with Gasteiger partial charge in [-0.25, -0.2) is 9.97 Å². The molecule has 1 amide bonds. The summed E-state index contributed by atoms with van der Waals surface area (Å²) in [6.07, 6.45) is 4.59. The summed E-state index contributed by atoms with van der Waals surface area (Å²) >= 11 is 5.59. The molecule has 98 valence electrons. The Labute approximate surface area is 119 Å². The van der Waals surface area contributed by atoms with Gasteiger partial charge in [0.25, 0.3) is 5.91 Å². The van der Waals surface area contributed by atoms with Crippen LogP contribution in [0.5, 0.6) is 0 Å². The van der Waals surface area contributed by atoms with E-state index in [-0.39, 0.29) is 11.2 Å². The van der Waals surface area contributed by atoms with Crippen molar-refractivity contribution in [3.63, 3.8) is 0 Å². The molecule has 0 spiro atoms. The molecule has 5 nitrogen and oxygen atoms in total.